The van der Waals surface area contributed by atoms with Crippen molar-refractivity contribution in [1.82, 2.24) is 0 Å². The number of esters is 2. The van der Waals surface area contributed by atoms with E-state index in [-0.39, 0.29) is 12.8 Å². The van der Waals surface area contributed by atoms with Gasteiger partial charge in [0.2, 0.25) is 0 Å². The summed E-state index contributed by atoms with van der Waals surface area (Å²) in [5.41, 5.74) is 0. The molecule has 1 aliphatic carbocycles. The van der Waals surface area contributed by atoms with Gasteiger partial charge < -0.3 is 49.3 Å². The summed E-state index contributed by atoms with van der Waals surface area (Å²) in [6.45, 7) is 2.83. The number of ether oxygens (including phenoxy) is 3. The monoisotopic (exact) mass is 974 g/mol. The highest BCUT2D eigenvalue weighted by Gasteiger charge is 2.54. The van der Waals surface area contributed by atoms with Gasteiger partial charge in [0.05, 0.1) is 18.8 Å². The van der Waals surface area contributed by atoms with E-state index in [1.54, 1.807) is 0 Å². The molecule has 1 heterocycles. The number of carbonyl (C=O) groups is 2. The minimum Gasteiger partial charge on any atom is -0.462 e. The molecule has 1 saturated heterocycles. The Hall–Kier alpha value is -2.86. The molecular formula is C47H76O17P2. The highest BCUT2D eigenvalue weighted by Crippen LogP contribution is 2.49. The van der Waals surface area contributed by atoms with Gasteiger partial charge in [0.25, 0.3) is 0 Å². The Labute approximate surface area is 390 Å². The van der Waals surface area contributed by atoms with E-state index in [9.17, 15) is 44.0 Å². The fourth-order valence-electron chi connectivity index (χ4n) is 6.66. The molecule has 376 valence electrons. The van der Waals surface area contributed by atoms with Crippen LogP contribution < -0.4 is 0 Å². The summed E-state index contributed by atoms with van der Waals surface area (Å²) >= 11 is 0. The molecule has 0 amide bonds. The topological polar surface area (TPSA) is 269 Å². The second kappa shape index (κ2) is 34.4. The number of rotatable bonds is 36. The normalized spacial score (nSPS) is 25.3. The minimum atomic E-state index is -5.38. The zero-order valence-corrected chi connectivity index (χ0v) is 40.3. The molecule has 0 radical (unpaired) electrons. The first-order chi connectivity index (χ1) is 31.6. The molecule has 0 aromatic heterocycles. The molecule has 0 bridgehead atoms. The van der Waals surface area contributed by atoms with Crippen LogP contribution in [0.1, 0.15) is 129 Å². The van der Waals surface area contributed by atoms with Crippen molar-refractivity contribution in [2.24, 2.45) is 0 Å². The molecule has 7 N–H and O–H groups in total. The molecule has 17 nitrogen and oxygen atoms in total. The first kappa shape index (κ1) is 59.3. The molecule has 2 fully saturated rings. The highest BCUT2D eigenvalue weighted by atomic mass is 31.2. The average Bonchev–Trinajstić information content (AvgIpc) is 4.03. The van der Waals surface area contributed by atoms with Crippen LogP contribution in [0.25, 0.3) is 0 Å². The molecule has 2 rings (SSSR count). The summed E-state index contributed by atoms with van der Waals surface area (Å²) in [7, 11) is -10.7. The lowest BCUT2D eigenvalue weighted by molar-refractivity contribution is -0.216. The number of phosphoric ester groups is 2. The Morgan fingerprint density at radius 2 is 1.08 bits per heavy atom. The number of phosphoric acid groups is 2. The largest absolute Gasteiger partial charge is 0.472 e. The average molecular weight is 975 g/mol. The van der Waals surface area contributed by atoms with Crippen LogP contribution in [-0.2, 0) is 46.5 Å². The van der Waals surface area contributed by atoms with E-state index >= 15 is 0 Å². The van der Waals surface area contributed by atoms with Gasteiger partial charge in [0.15, 0.2) is 6.10 Å². The van der Waals surface area contributed by atoms with Crippen molar-refractivity contribution >= 4 is 27.6 Å². The van der Waals surface area contributed by atoms with Gasteiger partial charge in [-0.1, -0.05) is 125 Å². The van der Waals surface area contributed by atoms with Crippen LogP contribution in [0.2, 0.25) is 0 Å². The van der Waals surface area contributed by atoms with Gasteiger partial charge in [-0.15, -0.1) is 0 Å². The summed E-state index contributed by atoms with van der Waals surface area (Å²) in [6, 6.07) is 0. The SMILES string of the molecule is CC/C=C\CC1OC1C/C=C\C/C=C\C/C=C\C/C=C\CCC(=O)OC[C@H](COP(=O)(O)O[C@H]1C(O)C(O)C(O)[C@@H](OP(=O)(O)O)C1O)OC(=O)CCCCCCC/C=C\C/C=C\CCC. The Bertz CT molecular complexity index is 1670. The predicted molar refractivity (Wildman–Crippen MR) is 250 cm³/mol. The van der Waals surface area contributed by atoms with Crippen molar-refractivity contribution < 1.29 is 81.6 Å². The molecule has 0 aromatic rings. The maximum Gasteiger partial charge on any atom is 0.472 e. The van der Waals surface area contributed by atoms with E-state index in [1.807, 2.05) is 24.3 Å². The summed E-state index contributed by atoms with van der Waals surface area (Å²) < 4.78 is 54.9. The van der Waals surface area contributed by atoms with E-state index < -0.39 is 83.5 Å². The number of carbonyl (C=O) groups excluding carboxylic acids is 2. The smallest absolute Gasteiger partial charge is 0.462 e. The van der Waals surface area contributed by atoms with E-state index in [2.05, 4.69) is 79.1 Å². The Kier molecular flexibility index (Phi) is 30.9. The van der Waals surface area contributed by atoms with Crippen molar-refractivity contribution in [2.45, 2.75) is 184 Å². The molecule has 1 aliphatic heterocycles. The molecule has 0 spiro atoms. The number of hydrogen-bond donors (Lipinski definition) is 7. The van der Waals surface area contributed by atoms with Crippen LogP contribution >= 0.6 is 15.6 Å². The van der Waals surface area contributed by atoms with Crippen LogP contribution in [0.5, 0.6) is 0 Å². The first-order valence-electron chi connectivity index (χ1n) is 23.3. The lowest BCUT2D eigenvalue weighted by Crippen LogP contribution is -2.64. The number of allylic oxidation sites excluding steroid dienone is 12. The van der Waals surface area contributed by atoms with Crippen molar-refractivity contribution in [3.05, 3.63) is 85.1 Å². The van der Waals surface area contributed by atoms with Crippen molar-refractivity contribution in [3.8, 4) is 0 Å². The fraction of sp³-hybridized carbons (Fsp3) is 0.660. The third kappa shape index (κ3) is 27.8. The Balaban J connectivity index is 1.82. The van der Waals surface area contributed by atoms with Gasteiger partial charge in [-0.2, -0.15) is 0 Å². The van der Waals surface area contributed by atoms with E-state index in [1.165, 1.54) is 0 Å². The van der Waals surface area contributed by atoms with Crippen LogP contribution in [0.15, 0.2) is 85.1 Å². The van der Waals surface area contributed by atoms with Crippen LogP contribution in [0.4, 0.5) is 0 Å². The summed E-state index contributed by atoms with van der Waals surface area (Å²) in [6.07, 6.45) is 28.9. The van der Waals surface area contributed by atoms with Gasteiger partial charge in [0.1, 0.15) is 43.2 Å². The third-order valence-corrected chi connectivity index (χ3v) is 11.9. The van der Waals surface area contributed by atoms with E-state index in [4.69, 9.17) is 33.0 Å². The van der Waals surface area contributed by atoms with Crippen LogP contribution in [0.3, 0.4) is 0 Å². The number of aliphatic hydroxyl groups excluding tert-OH is 4. The van der Waals surface area contributed by atoms with E-state index in [0.29, 0.717) is 31.5 Å². The van der Waals surface area contributed by atoms with Gasteiger partial charge in [-0.3, -0.25) is 23.2 Å². The third-order valence-electron chi connectivity index (χ3n) is 10.3. The standard InChI is InChI=1S/C47H76O17P2/c1-3-5-7-8-9-10-11-12-17-20-23-26-30-34-41(49)61-37(36-60-66(57,58)64-47-44(52)42(50)43(51)46(45(47)53)63-65(54,55)56)35-59-40(48)33-29-25-22-19-16-14-13-15-18-21-24-28-32-39-38(62-39)31-27-6-4-2/h6-8,10-11,14-16,18,22,24-25,27-28,37-39,42-47,50-53H,3-5,9,12-13,17,19-21,23,26,29-36H2,1-2H3,(H,57,58)(H2,54,55,56)/b8-7-,11-10-,16-14-,18-15-,25-22-,27-6-,28-24-/t37-,38?,39?,42?,43?,44?,45?,46-,47+/m1/s1. The summed E-state index contributed by atoms with van der Waals surface area (Å²) in [5.74, 6) is -1.33. The predicted octanol–water partition coefficient (Wildman–Crippen LogP) is 7.60. The van der Waals surface area contributed by atoms with Crippen molar-refractivity contribution in [1.29, 1.82) is 0 Å². The maximum atomic E-state index is 13.0. The number of epoxide rings is 1. The maximum absolute atomic E-state index is 13.0. The first-order valence-corrected chi connectivity index (χ1v) is 26.3. The lowest BCUT2D eigenvalue weighted by Gasteiger charge is -2.43. The molecule has 7 unspecified atom stereocenters. The van der Waals surface area contributed by atoms with Gasteiger partial charge in [-0.05, 0) is 77.0 Å². The molecule has 0 aromatic carbocycles. The van der Waals surface area contributed by atoms with Crippen LogP contribution in [0, 0.1) is 0 Å². The lowest BCUT2D eigenvalue weighted by atomic mass is 9.85. The highest BCUT2D eigenvalue weighted by molar-refractivity contribution is 7.47. The summed E-state index contributed by atoms with van der Waals surface area (Å²) in [4.78, 5) is 54.2. The van der Waals surface area contributed by atoms with Gasteiger partial charge in [-0.25, -0.2) is 9.13 Å². The molecule has 66 heavy (non-hydrogen) atoms. The zero-order valence-electron chi connectivity index (χ0n) is 38.5. The van der Waals surface area contributed by atoms with Crippen molar-refractivity contribution in [3.63, 3.8) is 0 Å². The second-order valence-electron chi connectivity index (χ2n) is 16.1. The molecule has 1 saturated carbocycles. The quantitative estimate of drug-likeness (QED) is 0.0105. The second-order valence-corrected chi connectivity index (χ2v) is 18.7. The van der Waals surface area contributed by atoms with Gasteiger partial charge in [0, 0.05) is 12.8 Å². The van der Waals surface area contributed by atoms with E-state index in [0.717, 1.165) is 83.5 Å². The molecular weight excluding hydrogens is 898 g/mol. The van der Waals surface area contributed by atoms with Crippen LogP contribution in [-0.4, -0.2) is 115 Å². The molecule has 2 aliphatic rings. The zero-order chi connectivity index (χ0) is 48.6. The molecule has 19 heteroatoms. The fourth-order valence-corrected chi connectivity index (χ4v) is 8.20. The Morgan fingerprint density at radius 1 is 0.561 bits per heavy atom. The molecule has 10 atom stereocenters. The minimum absolute atomic E-state index is 0.00485. The number of hydrogen-bond acceptors (Lipinski definition) is 14. The van der Waals surface area contributed by atoms with Gasteiger partial charge >= 0.3 is 27.6 Å². The summed E-state index contributed by atoms with van der Waals surface area (Å²) in [5, 5.41) is 41.2. The van der Waals surface area contributed by atoms with Crippen molar-refractivity contribution in [2.75, 3.05) is 13.2 Å². The number of aliphatic hydroxyl groups is 4. The Morgan fingerprint density at radius 3 is 1.67 bits per heavy atom. The number of unbranched alkanes of at least 4 members (excludes halogenated alkanes) is 6.